The topological polar surface area (TPSA) is 163 Å². The van der Waals surface area contributed by atoms with Gasteiger partial charge in [-0.05, 0) is 0 Å². The molecule has 0 aliphatic heterocycles. The maximum absolute atomic E-state index is 9.83. The van der Waals surface area contributed by atoms with Gasteiger partial charge in [0.25, 0.3) is 0 Å². The molecule has 0 spiro atoms. The van der Waals surface area contributed by atoms with Gasteiger partial charge in [0.15, 0.2) is 0 Å². The number of aromatic nitrogens is 6. The van der Waals surface area contributed by atoms with Crippen LogP contribution in [0.1, 0.15) is 21.0 Å². The molecule has 2 aromatic rings. The normalized spacial score (nSPS) is 8.47. The van der Waals surface area contributed by atoms with Gasteiger partial charge in [-0.3, -0.25) is 10.2 Å². The van der Waals surface area contributed by atoms with Crippen molar-refractivity contribution in [3.63, 3.8) is 0 Å². The molecular weight excluding hydrogens is 333 g/mol. The third-order valence-electron chi connectivity index (χ3n) is 1.25. The Morgan fingerprint density at radius 2 is 1.29 bits per heavy atom. The van der Waals surface area contributed by atoms with E-state index in [1.807, 2.05) is 0 Å². The minimum Gasteiger partial charge on any atom is -0.543 e. The van der Waals surface area contributed by atoms with Gasteiger partial charge in [-0.2, -0.15) is 0 Å². The quantitative estimate of drug-likeness (QED) is 0.530. The molecular formula is C6H4CdN6O4. The van der Waals surface area contributed by atoms with Crippen molar-refractivity contribution < 1.29 is 47.1 Å². The van der Waals surface area contributed by atoms with Crippen molar-refractivity contribution in [3.05, 3.63) is 23.8 Å². The molecule has 2 aromatic heterocycles. The van der Waals surface area contributed by atoms with Gasteiger partial charge in [-0.15, -0.1) is 10.2 Å². The van der Waals surface area contributed by atoms with Gasteiger partial charge < -0.3 is 19.8 Å². The first kappa shape index (κ1) is 15.1. The predicted octanol–water partition coefficient (Wildman–Crippen LogP) is -3.67. The molecule has 0 saturated heterocycles. The summed E-state index contributed by atoms with van der Waals surface area (Å²) < 4.78 is 0. The molecule has 2 N–H and O–H groups in total. The van der Waals surface area contributed by atoms with Crippen LogP contribution in [0.2, 0.25) is 0 Å². The summed E-state index contributed by atoms with van der Waals surface area (Å²) in [4.78, 5) is 19.7. The third kappa shape index (κ3) is 5.14. The van der Waals surface area contributed by atoms with Crippen LogP contribution in [0.5, 0.6) is 0 Å². The fourth-order valence-electron chi connectivity index (χ4n) is 0.603. The molecule has 10 nitrogen and oxygen atoms in total. The largest absolute Gasteiger partial charge is 2.00 e. The molecule has 0 aliphatic carbocycles. The fourth-order valence-corrected chi connectivity index (χ4v) is 0.603. The minimum absolute atomic E-state index is 0. The van der Waals surface area contributed by atoms with Crippen molar-refractivity contribution in [2.75, 3.05) is 0 Å². The Kier molecular flexibility index (Phi) is 6.61. The van der Waals surface area contributed by atoms with Crippen LogP contribution in [0.15, 0.2) is 12.4 Å². The van der Waals surface area contributed by atoms with Gasteiger partial charge in [0, 0.05) is 0 Å². The number of H-pyrrole nitrogens is 2. The Morgan fingerprint density at radius 3 is 1.41 bits per heavy atom. The summed E-state index contributed by atoms with van der Waals surface area (Å²) in [6, 6.07) is 0. The zero-order valence-corrected chi connectivity index (χ0v) is 12.3. The molecule has 0 atom stereocenters. The van der Waals surface area contributed by atoms with Crippen LogP contribution >= 0.6 is 0 Å². The number of carboxylic acids is 2. The van der Waals surface area contributed by atoms with Gasteiger partial charge in [0.2, 0.25) is 0 Å². The van der Waals surface area contributed by atoms with E-state index >= 15 is 0 Å². The first-order chi connectivity index (χ1) is 7.61. The molecule has 0 saturated carbocycles. The van der Waals surface area contributed by atoms with Crippen LogP contribution < -0.4 is 10.2 Å². The van der Waals surface area contributed by atoms with E-state index in [0.717, 1.165) is 12.4 Å². The number of carbonyl (C=O) groups is 2. The van der Waals surface area contributed by atoms with E-state index in [0.29, 0.717) is 0 Å². The summed E-state index contributed by atoms with van der Waals surface area (Å²) in [5, 5.41) is 36.7. The van der Waals surface area contributed by atoms with Crippen LogP contribution in [0.3, 0.4) is 0 Å². The zero-order chi connectivity index (χ0) is 12.0. The predicted molar refractivity (Wildman–Crippen MR) is 41.4 cm³/mol. The summed E-state index contributed by atoms with van der Waals surface area (Å²) in [6.45, 7) is 0. The summed E-state index contributed by atoms with van der Waals surface area (Å²) in [5.41, 5.74) is -0.352. The molecule has 0 bridgehead atoms. The molecule has 2 rings (SSSR count). The molecule has 0 amide bonds. The SMILES string of the molecule is O=C([O-])c1c[nH]nn1.O=C([O-])c1c[nH]nn1.[Cd+2]. The number of nitrogens with one attached hydrogen (secondary N) is 2. The van der Waals surface area contributed by atoms with E-state index in [2.05, 4.69) is 30.8 Å². The van der Waals surface area contributed by atoms with Crippen LogP contribution in [-0.2, 0) is 27.3 Å². The summed E-state index contributed by atoms with van der Waals surface area (Å²) in [6.07, 6.45) is 2.30. The van der Waals surface area contributed by atoms with Crippen molar-refractivity contribution in [3.8, 4) is 0 Å². The van der Waals surface area contributed by atoms with E-state index in [1.165, 1.54) is 0 Å². The fraction of sp³-hybridized carbons (Fsp3) is 0. The molecule has 17 heavy (non-hydrogen) atoms. The standard InChI is InChI=1S/2C3H3N3O2.Cd/c2*7-3(8)2-1-4-6-5-2;/h2*1H,(H,7,8)(H,4,5,6);/q;;+2/p-2. The molecule has 84 valence electrons. The van der Waals surface area contributed by atoms with Crippen molar-refractivity contribution in [2.24, 2.45) is 0 Å². The Morgan fingerprint density at radius 1 is 0.941 bits per heavy atom. The van der Waals surface area contributed by atoms with E-state index in [4.69, 9.17) is 0 Å². The number of aromatic amines is 2. The number of hydrogen-bond donors (Lipinski definition) is 2. The van der Waals surface area contributed by atoms with Crippen LogP contribution in [0.4, 0.5) is 0 Å². The van der Waals surface area contributed by atoms with E-state index in [9.17, 15) is 19.8 Å². The van der Waals surface area contributed by atoms with E-state index in [1.54, 1.807) is 0 Å². The second kappa shape index (κ2) is 7.42. The van der Waals surface area contributed by atoms with Crippen molar-refractivity contribution >= 4 is 11.9 Å². The number of hydrogen-bond acceptors (Lipinski definition) is 8. The van der Waals surface area contributed by atoms with E-state index < -0.39 is 11.9 Å². The third-order valence-corrected chi connectivity index (χ3v) is 1.25. The molecule has 11 heteroatoms. The maximum Gasteiger partial charge on any atom is 2.00 e. The van der Waals surface area contributed by atoms with Crippen LogP contribution in [-0.4, -0.2) is 42.8 Å². The zero-order valence-electron chi connectivity index (χ0n) is 8.28. The number of nitrogens with zero attached hydrogens (tertiary/aromatic N) is 4. The van der Waals surface area contributed by atoms with Gasteiger partial charge in [0.1, 0.15) is 11.4 Å². The number of aromatic carboxylic acids is 2. The van der Waals surface area contributed by atoms with Crippen LogP contribution in [0, 0.1) is 0 Å². The van der Waals surface area contributed by atoms with Gasteiger partial charge in [-0.25, -0.2) is 0 Å². The first-order valence-electron chi connectivity index (χ1n) is 3.77. The molecule has 2 heterocycles. The minimum atomic E-state index is -1.32. The second-order valence-electron chi connectivity index (χ2n) is 2.29. The monoisotopic (exact) mass is 338 g/mol. The summed E-state index contributed by atoms with van der Waals surface area (Å²) in [7, 11) is 0. The number of carbonyl (C=O) groups excluding carboxylic acids is 2. The van der Waals surface area contributed by atoms with Crippen molar-refractivity contribution in [1.82, 2.24) is 30.8 Å². The van der Waals surface area contributed by atoms with Crippen molar-refractivity contribution in [1.29, 1.82) is 0 Å². The van der Waals surface area contributed by atoms with Gasteiger partial charge in [0.05, 0.1) is 24.3 Å². The Bertz CT molecular complexity index is 411. The average Bonchev–Trinajstić information content (AvgIpc) is 2.93. The van der Waals surface area contributed by atoms with Crippen molar-refractivity contribution in [2.45, 2.75) is 0 Å². The number of rotatable bonds is 2. The molecule has 0 radical (unpaired) electrons. The molecule has 0 aromatic carbocycles. The summed E-state index contributed by atoms with van der Waals surface area (Å²) >= 11 is 0. The second-order valence-corrected chi connectivity index (χ2v) is 2.29. The molecule has 0 fully saturated rings. The first-order valence-corrected chi connectivity index (χ1v) is 3.77. The van der Waals surface area contributed by atoms with E-state index in [-0.39, 0.29) is 38.7 Å². The number of carboxylic acid groups (broad SMARTS) is 2. The molecule has 0 aliphatic rings. The molecule has 0 unspecified atom stereocenters. The van der Waals surface area contributed by atoms with Crippen LogP contribution in [0.25, 0.3) is 0 Å². The Balaban J connectivity index is 0.000000284. The Hall–Kier alpha value is -1.86. The van der Waals surface area contributed by atoms with Gasteiger partial charge >= 0.3 is 27.3 Å². The summed E-state index contributed by atoms with van der Waals surface area (Å²) in [5.74, 6) is -2.64. The average molecular weight is 337 g/mol. The maximum atomic E-state index is 9.83. The van der Waals surface area contributed by atoms with Gasteiger partial charge in [-0.1, -0.05) is 10.4 Å². The smallest absolute Gasteiger partial charge is 0.543 e. The Labute approximate surface area is 114 Å².